The smallest absolute Gasteiger partial charge is 0.405 e. The van der Waals surface area contributed by atoms with Crippen LogP contribution in [0.3, 0.4) is 0 Å². The summed E-state index contributed by atoms with van der Waals surface area (Å²) in [5.74, 6) is -0.190. The fraction of sp³-hybridized carbons (Fsp3) is 0.333. The summed E-state index contributed by atoms with van der Waals surface area (Å²) in [6, 6.07) is 13.9. The molecule has 2 aromatic carbocycles. The number of ether oxygens (including phenoxy) is 1. The molecule has 0 radical (unpaired) electrons. The van der Waals surface area contributed by atoms with Gasteiger partial charge in [0.2, 0.25) is 11.8 Å². The van der Waals surface area contributed by atoms with Crippen molar-refractivity contribution in [1.82, 2.24) is 5.32 Å². The summed E-state index contributed by atoms with van der Waals surface area (Å²) < 4.78 is 41.8. The molecule has 0 aliphatic heterocycles. The molecule has 0 heterocycles. The van der Waals surface area contributed by atoms with Crippen molar-refractivity contribution >= 4 is 17.5 Å². The lowest BCUT2D eigenvalue weighted by Crippen LogP contribution is -2.34. The Bertz CT molecular complexity index is 891. The highest BCUT2D eigenvalue weighted by Crippen LogP contribution is 2.51. The third-order valence-corrected chi connectivity index (χ3v) is 4.87. The second-order valence-electron chi connectivity index (χ2n) is 7.00. The molecule has 8 heteroatoms. The van der Waals surface area contributed by atoms with E-state index in [-0.39, 0.29) is 12.3 Å². The van der Waals surface area contributed by atoms with Crippen LogP contribution in [0, 0.1) is 0 Å². The molecule has 154 valence electrons. The number of halogens is 3. The monoisotopic (exact) mass is 406 g/mol. The van der Waals surface area contributed by atoms with Gasteiger partial charge in [-0.05, 0) is 36.6 Å². The maximum atomic E-state index is 12.9. The molecule has 0 bridgehead atoms. The van der Waals surface area contributed by atoms with Gasteiger partial charge in [-0.25, -0.2) is 0 Å². The van der Waals surface area contributed by atoms with Crippen molar-refractivity contribution < 1.29 is 27.5 Å². The zero-order chi connectivity index (χ0) is 21.1. The first-order chi connectivity index (χ1) is 13.7. The molecule has 3 rings (SSSR count). The number of hydrogen-bond acceptors (Lipinski definition) is 3. The number of para-hydroxylation sites is 1. The minimum atomic E-state index is -4.44. The zero-order valence-electron chi connectivity index (χ0n) is 15.8. The number of carbonyl (C=O) groups is 2. The summed E-state index contributed by atoms with van der Waals surface area (Å²) in [4.78, 5) is 24.5. The van der Waals surface area contributed by atoms with E-state index in [0.717, 1.165) is 18.4 Å². The number of amides is 2. The minimum absolute atomic E-state index is 0.141. The maximum Gasteiger partial charge on any atom is 0.405 e. The van der Waals surface area contributed by atoms with Crippen LogP contribution in [0.1, 0.15) is 24.0 Å². The van der Waals surface area contributed by atoms with E-state index < -0.39 is 24.0 Å². The zero-order valence-corrected chi connectivity index (χ0v) is 15.8. The van der Waals surface area contributed by atoms with E-state index in [9.17, 15) is 22.8 Å². The average Bonchev–Trinajstić information content (AvgIpc) is 3.49. The van der Waals surface area contributed by atoms with E-state index in [1.165, 1.54) is 0 Å². The van der Waals surface area contributed by atoms with Gasteiger partial charge in [0.15, 0.2) is 0 Å². The SMILES string of the molecule is COc1ccccc1C1(C(=O)Nc2ccc(CC(=O)NCC(F)(F)F)cc2)CC1. The third kappa shape index (κ3) is 5.07. The van der Waals surface area contributed by atoms with Crippen molar-refractivity contribution in [3.05, 3.63) is 59.7 Å². The third-order valence-electron chi connectivity index (χ3n) is 4.87. The van der Waals surface area contributed by atoms with E-state index in [2.05, 4.69) is 5.32 Å². The molecule has 2 N–H and O–H groups in total. The predicted molar refractivity (Wildman–Crippen MR) is 102 cm³/mol. The molecular weight excluding hydrogens is 385 g/mol. The quantitative estimate of drug-likeness (QED) is 0.739. The molecule has 1 aliphatic carbocycles. The van der Waals surface area contributed by atoms with Crippen molar-refractivity contribution in [3.8, 4) is 5.75 Å². The van der Waals surface area contributed by atoms with Crippen LogP contribution in [-0.4, -0.2) is 31.6 Å². The lowest BCUT2D eigenvalue weighted by atomic mass is 9.94. The highest BCUT2D eigenvalue weighted by atomic mass is 19.4. The van der Waals surface area contributed by atoms with Crippen molar-refractivity contribution in [3.63, 3.8) is 0 Å². The topological polar surface area (TPSA) is 67.4 Å². The molecule has 0 saturated heterocycles. The Labute approximate surface area is 166 Å². The van der Waals surface area contributed by atoms with Gasteiger partial charge in [0.1, 0.15) is 12.3 Å². The van der Waals surface area contributed by atoms with Crippen LogP contribution in [0.2, 0.25) is 0 Å². The number of carbonyl (C=O) groups excluding carboxylic acids is 2. The summed E-state index contributed by atoms with van der Waals surface area (Å²) in [7, 11) is 1.57. The molecule has 5 nitrogen and oxygen atoms in total. The van der Waals surface area contributed by atoms with Gasteiger partial charge in [-0.15, -0.1) is 0 Å². The average molecular weight is 406 g/mol. The second-order valence-corrected chi connectivity index (χ2v) is 7.00. The molecule has 1 fully saturated rings. The van der Waals surface area contributed by atoms with Gasteiger partial charge < -0.3 is 15.4 Å². The van der Waals surface area contributed by atoms with Gasteiger partial charge in [-0.1, -0.05) is 30.3 Å². The van der Waals surface area contributed by atoms with Crippen LogP contribution < -0.4 is 15.4 Å². The van der Waals surface area contributed by atoms with Crippen molar-refractivity contribution in [2.24, 2.45) is 0 Å². The Morgan fingerprint density at radius 2 is 1.72 bits per heavy atom. The van der Waals surface area contributed by atoms with E-state index in [1.807, 2.05) is 29.6 Å². The van der Waals surface area contributed by atoms with Crippen LogP contribution in [0.25, 0.3) is 0 Å². The van der Waals surface area contributed by atoms with E-state index in [0.29, 0.717) is 17.0 Å². The predicted octanol–water partition coefficient (Wildman–Crippen LogP) is 3.59. The number of alkyl halides is 3. The molecular formula is C21H21F3N2O3. The molecule has 0 unspecified atom stereocenters. The largest absolute Gasteiger partial charge is 0.496 e. The lowest BCUT2D eigenvalue weighted by Gasteiger charge is -2.18. The molecule has 1 saturated carbocycles. The van der Waals surface area contributed by atoms with Gasteiger partial charge in [-0.2, -0.15) is 13.2 Å². The maximum absolute atomic E-state index is 12.9. The number of benzene rings is 2. The first kappa shape index (κ1) is 20.7. The molecule has 0 aromatic heterocycles. The number of anilines is 1. The number of nitrogens with one attached hydrogen (secondary N) is 2. The number of rotatable bonds is 7. The summed E-state index contributed by atoms with van der Waals surface area (Å²) in [6.45, 7) is -1.36. The molecule has 2 amide bonds. The van der Waals surface area contributed by atoms with Crippen molar-refractivity contribution in [2.75, 3.05) is 19.0 Å². The summed E-state index contributed by atoms with van der Waals surface area (Å²) >= 11 is 0. The van der Waals surface area contributed by atoms with Crippen molar-refractivity contribution in [2.45, 2.75) is 30.9 Å². The second kappa shape index (κ2) is 8.14. The van der Waals surface area contributed by atoms with Gasteiger partial charge in [0.25, 0.3) is 0 Å². The van der Waals surface area contributed by atoms with E-state index in [1.54, 1.807) is 31.4 Å². The standard InChI is InChI=1S/C21H21F3N2O3/c1-29-17-5-3-2-4-16(17)20(10-11-20)19(28)26-15-8-6-14(7-9-15)12-18(27)25-13-21(22,23)24/h2-9H,10-13H2,1H3,(H,25,27)(H,26,28). The summed E-state index contributed by atoms with van der Waals surface area (Å²) in [6.07, 6.45) is -3.17. The Balaban J connectivity index is 1.61. The molecule has 1 aliphatic rings. The summed E-state index contributed by atoms with van der Waals surface area (Å²) in [5.41, 5.74) is 1.32. The van der Waals surface area contributed by atoms with Crippen LogP contribution in [0.4, 0.5) is 18.9 Å². The number of methoxy groups -OCH3 is 1. The fourth-order valence-corrected chi connectivity index (χ4v) is 3.19. The van der Waals surface area contributed by atoms with E-state index >= 15 is 0 Å². The Morgan fingerprint density at radius 3 is 2.31 bits per heavy atom. The van der Waals surface area contributed by atoms with Crippen molar-refractivity contribution in [1.29, 1.82) is 0 Å². The lowest BCUT2D eigenvalue weighted by molar-refractivity contribution is -0.138. The fourth-order valence-electron chi connectivity index (χ4n) is 3.19. The van der Waals surface area contributed by atoms with Crippen LogP contribution >= 0.6 is 0 Å². The molecule has 0 spiro atoms. The highest BCUT2D eigenvalue weighted by molar-refractivity contribution is 6.01. The number of hydrogen-bond donors (Lipinski definition) is 2. The first-order valence-electron chi connectivity index (χ1n) is 9.11. The Hall–Kier alpha value is -3.03. The normalized spacial score (nSPS) is 14.8. The molecule has 2 aromatic rings. The first-order valence-corrected chi connectivity index (χ1v) is 9.11. The van der Waals surface area contributed by atoms with Crippen LogP contribution in [0.15, 0.2) is 48.5 Å². The highest BCUT2D eigenvalue weighted by Gasteiger charge is 2.52. The Morgan fingerprint density at radius 1 is 1.07 bits per heavy atom. The van der Waals surface area contributed by atoms with Gasteiger partial charge in [-0.3, -0.25) is 9.59 Å². The molecule has 0 atom stereocenters. The Kier molecular flexibility index (Phi) is 5.81. The van der Waals surface area contributed by atoms with Gasteiger partial charge in [0, 0.05) is 11.3 Å². The van der Waals surface area contributed by atoms with E-state index in [4.69, 9.17) is 4.74 Å². The molecule has 29 heavy (non-hydrogen) atoms. The minimum Gasteiger partial charge on any atom is -0.496 e. The van der Waals surface area contributed by atoms with Gasteiger partial charge in [0.05, 0.1) is 18.9 Å². The van der Waals surface area contributed by atoms with Gasteiger partial charge >= 0.3 is 6.18 Å². The summed E-state index contributed by atoms with van der Waals surface area (Å²) in [5, 5.41) is 4.71. The van der Waals surface area contributed by atoms with Crippen LogP contribution in [0.5, 0.6) is 5.75 Å². The van der Waals surface area contributed by atoms with Crippen LogP contribution in [-0.2, 0) is 21.4 Å².